The van der Waals surface area contributed by atoms with Gasteiger partial charge in [0, 0.05) is 26.2 Å². The first-order chi connectivity index (χ1) is 9.63. The second kappa shape index (κ2) is 7.04. The van der Waals surface area contributed by atoms with Crippen LogP contribution in [-0.4, -0.2) is 74.1 Å². The van der Waals surface area contributed by atoms with Gasteiger partial charge in [-0.1, -0.05) is 6.92 Å². The summed E-state index contributed by atoms with van der Waals surface area (Å²) in [4.78, 5) is 27.9. The van der Waals surface area contributed by atoms with E-state index < -0.39 is 0 Å². The Morgan fingerprint density at radius 1 is 1.40 bits per heavy atom. The maximum Gasteiger partial charge on any atom is 0.241 e. The van der Waals surface area contributed by atoms with E-state index in [2.05, 4.69) is 12.2 Å². The second-order valence-corrected chi connectivity index (χ2v) is 5.63. The van der Waals surface area contributed by atoms with Crippen molar-refractivity contribution >= 4 is 11.8 Å². The van der Waals surface area contributed by atoms with Crippen LogP contribution in [0.2, 0.25) is 0 Å². The molecule has 6 nitrogen and oxygen atoms in total. The first-order valence-corrected chi connectivity index (χ1v) is 7.47. The molecule has 2 aliphatic heterocycles. The number of likely N-dealkylation sites (N-methyl/N-ethyl adjacent to an activating group) is 1. The van der Waals surface area contributed by atoms with Crippen molar-refractivity contribution in [2.24, 2.45) is 5.92 Å². The number of rotatable bonds is 4. The van der Waals surface area contributed by atoms with Crippen LogP contribution in [0.5, 0.6) is 0 Å². The maximum atomic E-state index is 12.6. The molecule has 0 bridgehead atoms. The molecule has 2 aliphatic rings. The van der Waals surface area contributed by atoms with Gasteiger partial charge in [0.25, 0.3) is 0 Å². The van der Waals surface area contributed by atoms with E-state index in [-0.39, 0.29) is 30.3 Å². The molecule has 0 radical (unpaired) electrons. The zero-order chi connectivity index (χ0) is 14.5. The Morgan fingerprint density at radius 2 is 2.20 bits per heavy atom. The summed E-state index contributed by atoms with van der Waals surface area (Å²) in [5, 5.41) is 3.37. The van der Waals surface area contributed by atoms with E-state index in [0.29, 0.717) is 19.8 Å². The molecule has 2 atom stereocenters. The number of ether oxygens (including phenoxy) is 1. The molecule has 0 aromatic heterocycles. The van der Waals surface area contributed by atoms with Gasteiger partial charge < -0.3 is 19.9 Å². The topological polar surface area (TPSA) is 61.9 Å². The molecule has 0 spiro atoms. The lowest BCUT2D eigenvalue weighted by molar-refractivity contribution is -0.141. The van der Waals surface area contributed by atoms with Crippen molar-refractivity contribution in [1.82, 2.24) is 15.1 Å². The van der Waals surface area contributed by atoms with Gasteiger partial charge in [0.2, 0.25) is 11.8 Å². The molecule has 2 amide bonds. The van der Waals surface area contributed by atoms with Gasteiger partial charge in [0.15, 0.2) is 0 Å². The van der Waals surface area contributed by atoms with Crippen molar-refractivity contribution in [2.75, 3.05) is 46.4 Å². The molecule has 2 fully saturated rings. The number of nitrogens with one attached hydrogen (secondary N) is 1. The Morgan fingerprint density at radius 3 is 2.95 bits per heavy atom. The van der Waals surface area contributed by atoms with Gasteiger partial charge in [0.05, 0.1) is 25.7 Å². The third-order valence-electron chi connectivity index (χ3n) is 4.04. The van der Waals surface area contributed by atoms with E-state index in [4.69, 9.17) is 4.74 Å². The SMILES string of the molecule is CCCNC1COCC1C(=O)N1CCCN(C)C(=O)C1. The van der Waals surface area contributed by atoms with Crippen LogP contribution in [0.25, 0.3) is 0 Å². The van der Waals surface area contributed by atoms with Crippen molar-refractivity contribution in [3.05, 3.63) is 0 Å². The number of carbonyl (C=O) groups excluding carboxylic acids is 2. The molecule has 2 saturated heterocycles. The fourth-order valence-corrected chi connectivity index (χ4v) is 2.74. The standard InChI is InChI=1S/C14H25N3O3/c1-3-5-15-12-10-20-9-11(12)14(19)17-7-4-6-16(2)13(18)8-17/h11-12,15H,3-10H2,1-2H3. The van der Waals surface area contributed by atoms with Crippen molar-refractivity contribution in [2.45, 2.75) is 25.8 Å². The van der Waals surface area contributed by atoms with Crippen LogP contribution >= 0.6 is 0 Å². The maximum absolute atomic E-state index is 12.6. The lowest BCUT2D eigenvalue weighted by Crippen LogP contribution is -2.47. The number of hydrogen-bond donors (Lipinski definition) is 1. The van der Waals surface area contributed by atoms with E-state index in [1.807, 2.05) is 0 Å². The molecule has 114 valence electrons. The Kier molecular flexibility index (Phi) is 5.37. The average molecular weight is 283 g/mol. The van der Waals surface area contributed by atoms with Gasteiger partial charge in [-0.25, -0.2) is 0 Å². The number of hydrogen-bond acceptors (Lipinski definition) is 4. The van der Waals surface area contributed by atoms with Crippen molar-refractivity contribution in [3.63, 3.8) is 0 Å². The number of carbonyl (C=O) groups is 2. The molecule has 2 heterocycles. The smallest absolute Gasteiger partial charge is 0.241 e. The molecule has 0 aliphatic carbocycles. The fraction of sp³-hybridized carbons (Fsp3) is 0.857. The molecule has 0 aromatic carbocycles. The van der Waals surface area contributed by atoms with Crippen LogP contribution < -0.4 is 5.32 Å². The zero-order valence-electron chi connectivity index (χ0n) is 12.4. The van der Waals surface area contributed by atoms with Crippen LogP contribution in [0.3, 0.4) is 0 Å². The fourth-order valence-electron chi connectivity index (χ4n) is 2.74. The lowest BCUT2D eigenvalue weighted by atomic mass is 10.0. The highest BCUT2D eigenvalue weighted by molar-refractivity contribution is 5.86. The first kappa shape index (κ1) is 15.3. The summed E-state index contributed by atoms with van der Waals surface area (Å²) in [5.74, 6) is -0.0784. The molecule has 2 unspecified atom stereocenters. The summed E-state index contributed by atoms with van der Waals surface area (Å²) in [6, 6.07) is 0.0820. The van der Waals surface area contributed by atoms with Crippen molar-refractivity contribution < 1.29 is 14.3 Å². The van der Waals surface area contributed by atoms with Crippen LogP contribution in [-0.2, 0) is 14.3 Å². The van der Waals surface area contributed by atoms with E-state index in [1.54, 1.807) is 16.8 Å². The predicted molar refractivity (Wildman–Crippen MR) is 75.2 cm³/mol. The molecule has 1 N–H and O–H groups in total. The van der Waals surface area contributed by atoms with Crippen LogP contribution in [0, 0.1) is 5.92 Å². The summed E-state index contributed by atoms with van der Waals surface area (Å²) in [6.07, 6.45) is 1.87. The minimum absolute atomic E-state index is 0.0211. The second-order valence-electron chi connectivity index (χ2n) is 5.63. The van der Waals surface area contributed by atoms with Crippen LogP contribution in [0.4, 0.5) is 0 Å². The van der Waals surface area contributed by atoms with Gasteiger partial charge in [-0.3, -0.25) is 9.59 Å². The third-order valence-corrected chi connectivity index (χ3v) is 4.04. The van der Waals surface area contributed by atoms with Crippen LogP contribution in [0.1, 0.15) is 19.8 Å². The van der Waals surface area contributed by atoms with Crippen molar-refractivity contribution in [3.8, 4) is 0 Å². The summed E-state index contributed by atoms with van der Waals surface area (Å²) in [6.45, 7) is 5.61. The molecular formula is C14H25N3O3. The van der Waals surface area contributed by atoms with E-state index >= 15 is 0 Å². The van der Waals surface area contributed by atoms with Crippen molar-refractivity contribution in [1.29, 1.82) is 0 Å². The Bertz CT molecular complexity index is 362. The van der Waals surface area contributed by atoms with Crippen LogP contribution in [0.15, 0.2) is 0 Å². The highest BCUT2D eigenvalue weighted by Crippen LogP contribution is 2.18. The lowest BCUT2D eigenvalue weighted by Gasteiger charge is -2.26. The molecule has 2 rings (SSSR count). The van der Waals surface area contributed by atoms with Gasteiger partial charge in [-0.2, -0.15) is 0 Å². The molecular weight excluding hydrogens is 258 g/mol. The molecule has 0 aromatic rings. The number of nitrogens with zero attached hydrogens (tertiary/aromatic N) is 2. The third kappa shape index (κ3) is 3.49. The summed E-state index contributed by atoms with van der Waals surface area (Å²) >= 11 is 0. The van der Waals surface area contributed by atoms with E-state index in [9.17, 15) is 9.59 Å². The Hall–Kier alpha value is -1.14. The minimum atomic E-state index is -0.155. The highest BCUT2D eigenvalue weighted by Gasteiger charge is 2.37. The normalized spacial score (nSPS) is 27.8. The summed E-state index contributed by atoms with van der Waals surface area (Å²) in [7, 11) is 1.79. The van der Waals surface area contributed by atoms with Gasteiger partial charge in [-0.05, 0) is 19.4 Å². The van der Waals surface area contributed by atoms with E-state index in [0.717, 1.165) is 25.9 Å². The highest BCUT2D eigenvalue weighted by atomic mass is 16.5. The Labute approximate surface area is 120 Å². The quantitative estimate of drug-likeness (QED) is 0.769. The summed E-state index contributed by atoms with van der Waals surface area (Å²) in [5.41, 5.74) is 0. The minimum Gasteiger partial charge on any atom is -0.379 e. The first-order valence-electron chi connectivity index (χ1n) is 7.47. The average Bonchev–Trinajstić information content (AvgIpc) is 2.84. The predicted octanol–water partition coefficient (Wildman–Crippen LogP) is -0.308. The number of amides is 2. The largest absolute Gasteiger partial charge is 0.379 e. The summed E-state index contributed by atoms with van der Waals surface area (Å²) < 4.78 is 5.45. The monoisotopic (exact) mass is 283 g/mol. The van der Waals surface area contributed by atoms with Gasteiger partial charge >= 0.3 is 0 Å². The van der Waals surface area contributed by atoms with Gasteiger partial charge in [0.1, 0.15) is 0 Å². The van der Waals surface area contributed by atoms with E-state index in [1.165, 1.54) is 0 Å². The molecule has 6 heteroatoms. The zero-order valence-corrected chi connectivity index (χ0v) is 12.4. The molecule has 0 saturated carbocycles. The Balaban J connectivity index is 1.96. The molecule has 20 heavy (non-hydrogen) atoms. The van der Waals surface area contributed by atoms with Gasteiger partial charge in [-0.15, -0.1) is 0 Å².